The minimum Gasteiger partial charge on any atom is -0.392 e. The first-order chi connectivity index (χ1) is 8.10. The van der Waals surface area contributed by atoms with Gasteiger partial charge in [0, 0.05) is 34.8 Å². The van der Waals surface area contributed by atoms with Gasteiger partial charge in [0.05, 0.1) is 6.61 Å². The van der Waals surface area contributed by atoms with Crippen LogP contribution in [-0.2, 0) is 6.61 Å². The summed E-state index contributed by atoms with van der Waals surface area (Å²) in [4.78, 5) is 2.41. The highest BCUT2D eigenvalue weighted by atomic mass is 32.2. The fourth-order valence-electron chi connectivity index (χ4n) is 2.52. The number of rotatable bonds is 2. The van der Waals surface area contributed by atoms with E-state index in [1.54, 1.807) is 0 Å². The molecule has 0 spiro atoms. The molecular formula is C14H21NOS. The molecular weight excluding hydrogens is 230 g/mol. The van der Waals surface area contributed by atoms with Crippen molar-refractivity contribution in [3.63, 3.8) is 0 Å². The van der Waals surface area contributed by atoms with Gasteiger partial charge in [-0.3, -0.25) is 0 Å². The Hall–Kier alpha value is -0.670. The Labute approximate surface area is 108 Å². The molecule has 1 aliphatic heterocycles. The quantitative estimate of drug-likeness (QED) is 0.874. The van der Waals surface area contributed by atoms with Gasteiger partial charge in [0.2, 0.25) is 0 Å². The summed E-state index contributed by atoms with van der Waals surface area (Å²) >= 11 is 2.05. The molecule has 94 valence electrons. The summed E-state index contributed by atoms with van der Waals surface area (Å²) in [6.45, 7) is 8.90. The van der Waals surface area contributed by atoms with Crippen LogP contribution in [0.15, 0.2) is 18.2 Å². The Bertz CT molecular complexity index is 384. The number of nitrogens with zero attached hydrogens (tertiary/aromatic N) is 1. The first kappa shape index (κ1) is 12.8. The van der Waals surface area contributed by atoms with Gasteiger partial charge in [0.1, 0.15) is 0 Å². The largest absolute Gasteiger partial charge is 0.392 e. The van der Waals surface area contributed by atoms with Gasteiger partial charge < -0.3 is 10.0 Å². The molecule has 1 aromatic carbocycles. The average molecular weight is 251 g/mol. The van der Waals surface area contributed by atoms with Crippen molar-refractivity contribution in [1.82, 2.24) is 0 Å². The van der Waals surface area contributed by atoms with Gasteiger partial charge in [0.15, 0.2) is 0 Å². The second-order valence-electron chi connectivity index (χ2n) is 4.95. The standard InChI is InChI=1S/C14H21NOS/c1-10-4-5-14(13(6-10)9-16)15-7-11(2)17-12(3)8-15/h4-6,11-12,16H,7-9H2,1-3H3. The molecule has 1 aliphatic rings. The van der Waals surface area contributed by atoms with E-state index in [9.17, 15) is 5.11 Å². The zero-order valence-electron chi connectivity index (χ0n) is 10.8. The van der Waals surface area contributed by atoms with Crippen LogP contribution in [0.1, 0.15) is 25.0 Å². The normalized spacial score (nSPS) is 25.1. The molecule has 1 saturated heterocycles. The van der Waals surface area contributed by atoms with Crippen LogP contribution in [0.5, 0.6) is 0 Å². The van der Waals surface area contributed by atoms with E-state index in [1.165, 1.54) is 11.3 Å². The fraction of sp³-hybridized carbons (Fsp3) is 0.571. The van der Waals surface area contributed by atoms with Gasteiger partial charge in [-0.2, -0.15) is 11.8 Å². The lowest BCUT2D eigenvalue weighted by Gasteiger charge is -2.37. The molecule has 17 heavy (non-hydrogen) atoms. The molecule has 2 rings (SSSR count). The van der Waals surface area contributed by atoms with Crippen molar-refractivity contribution < 1.29 is 5.11 Å². The number of benzene rings is 1. The number of aliphatic hydroxyl groups excluding tert-OH is 1. The monoisotopic (exact) mass is 251 g/mol. The zero-order chi connectivity index (χ0) is 12.4. The molecule has 2 atom stereocenters. The molecule has 0 saturated carbocycles. The van der Waals surface area contributed by atoms with Crippen molar-refractivity contribution in [3.05, 3.63) is 29.3 Å². The summed E-state index contributed by atoms with van der Waals surface area (Å²) in [5, 5.41) is 10.8. The molecule has 1 fully saturated rings. The molecule has 0 bridgehead atoms. The highest BCUT2D eigenvalue weighted by molar-refractivity contribution is 8.00. The average Bonchev–Trinajstić information content (AvgIpc) is 2.27. The van der Waals surface area contributed by atoms with Gasteiger partial charge in [-0.05, 0) is 13.0 Å². The Kier molecular flexibility index (Phi) is 4.00. The second-order valence-corrected chi connectivity index (χ2v) is 6.83. The van der Waals surface area contributed by atoms with Crippen molar-refractivity contribution in [2.75, 3.05) is 18.0 Å². The Morgan fingerprint density at radius 1 is 1.29 bits per heavy atom. The molecule has 0 radical (unpaired) electrons. The molecule has 0 aromatic heterocycles. The van der Waals surface area contributed by atoms with Gasteiger partial charge in [-0.25, -0.2) is 0 Å². The molecule has 2 nitrogen and oxygen atoms in total. The van der Waals surface area contributed by atoms with Crippen LogP contribution in [0.2, 0.25) is 0 Å². The third kappa shape index (κ3) is 2.96. The van der Waals surface area contributed by atoms with E-state index in [-0.39, 0.29) is 6.61 Å². The Morgan fingerprint density at radius 3 is 2.53 bits per heavy atom. The van der Waals surface area contributed by atoms with Crippen molar-refractivity contribution in [3.8, 4) is 0 Å². The molecule has 0 aliphatic carbocycles. The number of thioether (sulfide) groups is 1. The predicted octanol–water partition coefficient (Wildman–Crippen LogP) is 2.82. The number of anilines is 1. The summed E-state index contributed by atoms with van der Waals surface area (Å²) in [6, 6.07) is 6.37. The molecule has 1 heterocycles. The number of hydrogen-bond acceptors (Lipinski definition) is 3. The van der Waals surface area contributed by atoms with E-state index in [1.807, 2.05) is 0 Å². The molecule has 0 amide bonds. The van der Waals surface area contributed by atoms with Gasteiger partial charge in [0.25, 0.3) is 0 Å². The van der Waals surface area contributed by atoms with Crippen LogP contribution < -0.4 is 4.90 Å². The summed E-state index contributed by atoms with van der Waals surface area (Å²) in [7, 11) is 0. The SMILES string of the molecule is Cc1ccc(N2CC(C)SC(C)C2)c(CO)c1. The summed E-state index contributed by atoms with van der Waals surface area (Å²) in [5.41, 5.74) is 3.47. The van der Waals surface area contributed by atoms with Crippen LogP contribution in [-0.4, -0.2) is 28.7 Å². The van der Waals surface area contributed by atoms with Crippen molar-refractivity contribution in [2.45, 2.75) is 37.9 Å². The van der Waals surface area contributed by atoms with E-state index in [4.69, 9.17) is 0 Å². The van der Waals surface area contributed by atoms with E-state index in [0.717, 1.165) is 18.7 Å². The smallest absolute Gasteiger partial charge is 0.0702 e. The molecule has 3 heteroatoms. The first-order valence-corrected chi connectivity index (χ1v) is 7.15. The summed E-state index contributed by atoms with van der Waals surface area (Å²) in [5.74, 6) is 0. The molecule has 1 N–H and O–H groups in total. The van der Waals surface area contributed by atoms with Gasteiger partial charge >= 0.3 is 0 Å². The maximum absolute atomic E-state index is 9.47. The second kappa shape index (κ2) is 5.32. The van der Waals surface area contributed by atoms with Crippen molar-refractivity contribution >= 4 is 17.4 Å². The Balaban J connectivity index is 2.26. The maximum atomic E-state index is 9.47. The first-order valence-electron chi connectivity index (χ1n) is 6.21. The van der Waals surface area contributed by atoms with E-state index >= 15 is 0 Å². The van der Waals surface area contributed by atoms with Gasteiger partial charge in [-0.15, -0.1) is 0 Å². The van der Waals surface area contributed by atoms with Crippen LogP contribution in [0, 0.1) is 6.92 Å². The van der Waals surface area contributed by atoms with Crippen LogP contribution in [0.4, 0.5) is 5.69 Å². The lowest BCUT2D eigenvalue weighted by atomic mass is 10.1. The van der Waals surface area contributed by atoms with Gasteiger partial charge in [-0.1, -0.05) is 31.5 Å². The minimum atomic E-state index is 0.128. The van der Waals surface area contributed by atoms with E-state index in [0.29, 0.717) is 10.5 Å². The number of aryl methyl sites for hydroxylation is 1. The summed E-state index contributed by atoms with van der Waals surface area (Å²) < 4.78 is 0. The third-order valence-electron chi connectivity index (χ3n) is 3.17. The number of aliphatic hydroxyl groups is 1. The molecule has 2 unspecified atom stereocenters. The van der Waals surface area contributed by atoms with Crippen LogP contribution in [0.3, 0.4) is 0 Å². The van der Waals surface area contributed by atoms with E-state index < -0.39 is 0 Å². The lowest BCUT2D eigenvalue weighted by molar-refractivity contribution is 0.282. The van der Waals surface area contributed by atoms with Crippen molar-refractivity contribution in [2.24, 2.45) is 0 Å². The molecule has 1 aromatic rings. The highest BCUT2D eigenvalue weighted by Gasteiger charge is 2.23. The maximum Gasteiger partial charge on any atom is 0.0702 e. The third-order valence-corrected chi connectivity index (χ3v) is 4.39. The fourth-order valence-corrected chi connectivity index (χ4v) is 3.85. The predicted molar refractivity (Wildman–Crippen MR) is 75.8 cm³/mol. The van der Waals surface area contributed by atoms with Crippen molar-refractivity contribution in [1.29, 1.82) is 0 Å². The van der Waals surface area contributed by atoms with Crippen LogP contribution >= 0.6 is 11.8 Å². The Morgan fingerprint density at radius 2 is 1.94 bits per heavy atom. The topological polar surface area (TPSA) is 23.5 Å². The minimum absolute atomic E-state index is 0.128. The highest BCUT2D eigenvalue weighted by Crippen LogP contribution is 2.30. The summed E-state index contributed by atoms with van der Waals surface area (Å²) in [6.07, 6.45) is 0. The number of hydrogen-bond donors (Lipinski definition) is 1. The van der Waals surface area contributed by atoms with E-state index in [2.05, 4.69) is 55.6 Å². The lowest BCUT2D eigenvalue weighted by Crippen LogP contribution is -2.40. The zero-order valence-corrected chi connectivity index (χ0v) is 11.6. The van der Waals surface area contributed by atoms with Crippen LogP contribution in [0.25, 0.3) is 0 Å².